The largest absolute Gasteiger partial charge is 0.462 e. The fraction of sp³-hybridized carbons (Fsp3) is 0.222. The molecule has 1 aromatic rings. The maximum absolute atomic E-state index is 13.2. The molecule has 1 aromatic carbocycles. The van der Waals surface area contributed by atoms with E-state index >= 15 is 0 Å². The molecule has 0 unspecified atom stereocenters. The summed E-state index contributed by atoms with van der Waals surface area (Å²) in [6.07, 6.45) is 0. The van der Waals surface area contributed by atoms with E-state index in [1.54, 1.807) is 6.92 Å². The van der Waals surface area contributed by atoms with Gasteiger partial charge in [-0.05, 0) is 64.2 Å². The first kappa shape index (κ1) is 12.2. The van der Waals surface area contributed by atoms with Gasteiger partial charge in [0.1, 0.15) is 5.82 Å². The van der Waals surface area contributed by atoms with E-state index in [1.807, 2.05) is 45.2 Å². The predicted molar refractivity (Wildman–Crippen MR) is 67.8 cm³/mol. The zero-order chi connectivity index (χ0) is 10.7. The van der Waals surface area contributed by atoms with Crippen LogP contribution in [0.4, 0.5) is 4.39 Å². The highest BCUT2D eigenvalue weighted by atomic mass is 127. The maximum atomic E-state index is 13.2. The van der Waals surface area contributed by atoms with Crippen molar-refractivity contribution in [3.63, 3.8) is 0 Å². The van der Waals surface area contributed by atoms with Gasteiger partial charge in [0.15, 0.2) is 0 Å². The Balaban J connectivity index is 3.06. The molecular formula is C9H7FI2O2. The van der Waals surface area contributed by atoms with Gasteiger partial charge in [-0.2, -0.15) is 0 Å². The Morgan fingerprint density at radius 1 is 1.43 bits per heavy atom. The molecule has 0 amide bonds. The molecule has 76 valence electrons. The zero-order valence-corrected chi connectivity index (χ0v) is 11.6. The molecule has 14 heavy (non-hydrogen) atoms. The summed E-state index contributed by atoms with van der Waals surface area (Å²) in [6.45, 7) is 2.06. The molecule has 0 aliphatic heterocycles. The third-order valence-corrected chi connectivity index (χ3v) is 3.06. The fourth-order valence-corrected chi connectivity index (χ4v) is 2.66. The lowest BCUT2D eigenvalue weighted by Gasteiger charge is -2.04. The number of ether oxygens (including phenoxy) is 1. The Bertz CT molecular complexity index is 343. The molecular weight excluding hydrogens is 413 g/mol. The quantitative estimate of drug-likeness (QED) is 0.418. The third-order valence-electron chi connectivity index (χ3n) is 1.49. The van der Waals surface area contributed by atoms with Gasteiger partial charge < -0.3 is 4.74 Å². The van der Waals surface area contributed by atoms with Gasteiger partial charge in [-0.3, -0.25) is 0 Å². The average Bonchev–Trinajstić information content (AvgIpc) is 2.13. The summed E-state index contributed by atoms with van der Waals surface area (Å²) >= 11 is 3.70. The van der Waals surface area contributed by atoms with Crippen LogP contribution in [-0.4, -0.2) is 12.6 Å². The Morgan fingerprint density at radius 3 is 2.36 bits per heavy atom. The monoisotopic (exact) mass is 420 g/mol. The van der Waals surface area contributed by atoms with Gasteiger partial charge in [-0.1, -0.05) is 0 Å². The number of benzene rings is 1. The maximum Gasteiger partial charge on any atom is 0.338 e. The molecule has 0 atom stereocenters. The number of halogens is 3. The van der Waals surface area contributed by atoms with E-state index in [0.29, 0.717) is 19.3 Å². The molecule has 0 heterocycles. The van der Waals surface area contributed by atoms with Crippen molar-refractivity contribution in [1.29, 1.82) is 0 Å². The molecule has 0 aliphatic carbocycles. The molecule has 0 spiro atoms. The number of carbonyl (C=O) groups is 1. The fourth-order valence-electron chi connectivity index (χ4n) is 0.888. The number of carbonyl (C=O) groups excluding carboxylic acids is 1. The Kier molecular flexibility index (Phi) is 4.55. The van der Waals surface area contributed by atoms with E-state index < -0.39 is 5.97 Å². The summed E-state index contributed by atoms with van der Waals surface area (Å²) in [5, 5.41) is 0. The number of hydrogen-bond donors (Lipinski definition) is 0. The van der Waals surface area contributed by atoms with E-state index in [4.69, 9.17) is 4.74 Å². The molecule has 0 fully saturated rings. The second-order valence-electron chi connectivity index (χ2n) is 2.47. The molecule has 0 aliphatic rings. The second-order valence-corrected chi connectivity index (χ2v) is 4.80. The summed E-state index contributed by atoms with van der Waals surface area (Å²) in [7, 11) is 0. The number of esters is 1. The molecule has 0 aromatic heterocycles. The highest BCUT2D eigenvalue weighted by Crippen LogP contribution is 2.20. The zero-order valence-electron chi connectivity index (χ0n) is 7.31. The van der Waals surface area contributed by atoms with E-state index in [2.05, 4.69) is 0 Å². The van der Waals surface area contributed by atoms with Crippen LogP contribution >= 0.6 is 45.2 Å². The lowest BCUT2D eigenvalue weighted by atomic mass is 10.2. The van der Waals surface area contributed by atoms with Crippen LogP contribution in [0.5, 0.6) is 0 Å². The minimum absolute atomic E-state index is 0.292. The Labute approximate surface area is 108 Å². The van der Waals surface area contributed by atoms with E-state index in [9.17, 15) is 9.18 Å². The van der Waals surface area contributed by atoms with Gasteiger partial charge in [0.25, 0.3) is 0 Å². The van der Waals surface area contributed by atoms with Crippen molar-refractivity contribution in [1.82, 2.24) is 0 Å². The first-order valence-electron chi connectivity index (χ1n) is 3.88. The molecule has 0 saturated carbocycles. The SMILES string of the molecule is CCOC(=O)c1cc(I)c(F)c(I)c1. The molecule has 0 radical (unpaired) electrons. The van der Waals surface area contributed by atoms with Gasteiger partial charge >= 0.3 is 5.97 Å². The van der Waals surface area contributed by atoms with Crippen LogP contribution in [0.2, 0.25) is 0 Å². The lowest BCUT2D eigenvalue weighted by Crippen LogP contribution is -2.06. The molecule has 0 N–H and O–H groups in total. The molecule has 1 rings (SSSR count). The third kappa shape index (κ3) is 2.78. The van der Waals surface area contributed by atoms with Crippen LogP contribution in [0.3, 0.4) is 0 Å². The molecule has 0 saturated heterocycles. The first-order valence-corrected chi connectivity index (χ1v) is 6.03. The summed E-state index contributed by atoms with van der Waals surface area (Å²) in [6, 6.07) is 2.96. The van der Waals surface area contributed by atoms with Gasteiger partial charge in [0.2, 0.25) is 0 Å². The van der Waals surface area contributed by atoms with Gasteiger partial charge in [-0.25, -0.2) is 9.18 Å². The average molecular weight is 420 g/mol. The minimum Gasteiger partial charge on any atom is -0.462 e. The van der Waals surface area contributed by atoms with Crippen LogP contribution in [0.1, 0.15) is 17.3 Å². The highest BCUT2D eigenvalue weighted by Gasteiger charge is 2.12. The van der Waals surface area contributed by atoms with Crippen molar-refractivity contribution in [2.45, 2.75) is 6.92 Å². The summed E-state index contributed by atoms with van der Waals surface area (Å²) in [5.41, 5.74) is 0.391. The van der Waals surface area contributed by atoms with Crippen LogP contribution in [0.25, 0.3) is 0 Å². The Hall–Kier alpha value is 0.0800. The van der Waals surface area contributed by atoms with E-state index in [1.165, 1.54) is 12.1 Å². The summed E-state index contributed by atoms with van der Waals surface area (Å²) in [5.74, 6) is -0.706. The number of hydrogen-bond acceptors (Lipinski definition) is 2. The predicted octanol–water partition coefficient (Wildman–Crippen LogP) is 3.21. The summed E-state index contributed by atoms with van der Waals surface area (Å²) < 4.78 is 18.9. The smallest absolute Gasteiger partial charge is 0.338 e. The van der Waals surface area contributed by atoms with Crippen molar-refractivity contribution in [3.8, 4) is 0 Å². The van der Waals surface area contributed by atoms with Crippen LogP contribution in [0.15, 0.2) is 12.1 Å². The van der Waals surface area contributed by atoms with Crippen molar-refractivity contribution in [3.05, 3.63) is 30.7 Å². The normalized spacial score (nSPS) is 10.0. The number of rotatable bonds is 2. The van der Waals surface area contributed by atoms with Crippen LogP contribution < -0.4 is 0 Å². The van der Waals surface area contributed by atoms with Crippen molar-refractivity contribution in [2.24, 2.45) is 0 Å². The van der Waals surface area contributed by atoms with Crippen molar-refractivity contribution < 1.29 is 13.9 Å². The molecule has 0 bridgehead atoms. The van der Waals surface area contributed by atoms with Crippen molar-refractivity contribution >= 4 is 51.2 Å². The highest BCUT2D eigenvalue weighted by molar-refractivity contribution is 14.1. The first-order chi connectivity index (χ1) is 6.56. The van der Waals surface area contributed by atoms with Crippen LogP contribution in [-0.2, 0) is 4.74 Å². The Morgan fingerprint density at radius 2 is 1.93 bits per heavy atom. The topological polar surface area (TPSA) is 26.3 Å². The van der Waals surface area contributed by atoms with E-state index in [-0.39, 0.29) is 5.82 Å². The summed E-state index contributed by atoms with van der Waals surface area (Å²) in [4.78, 5) is 11.3. The molecule has 2 nitrogen and oxygen atoms in total. The van der Waals surface area contributed by atoms with Gasteiger partial charge in [0.05, 0.1) is 19.3 Å². The standard InChI is InChI=1S/C9H7FI2O2/c1-2-14-9(13)5-3-6(11)8(10)7(12)4-5/h3-4H,2H2,1H3. The van der Waals surface area contributed by atoms with Crippen molar-refractivity contribution in [2.75, 3.05) is 6.61 Å². The van der Waals surface area contributed by atoms with E-state index in [0.717, 1.165) is 0 Å². The molecule has 5 heteroatoms. The van der Waals surface area contributed by atoms with Gasteiger partial charge in [-0.15, -0.1) is 0 Å². The second kappa shape index (κ2) is 5.24. The lowest BCUT2D eigenvalue weighted by molar-refractivity contribution is 0.0526. The van der Waals surface area contributed by atoms with Crippen LogP contribution in [0, 0.1) is 13.0 Å². The van der Waals surface area contributed by atoms with Gasteiger partial charge in [0, 0.05) is 0 Å². The minimum atomic E-state index is -0.414.